The number of hydrogen-bond acceptors (Lipinski definition) is 2. The number of halogens is 1. The van der Waals surface area contributed by atoms with E-state index in [2.05, 4.69) is 5.32 Å². The summed E-state index contributed by atoms with van der Waals surface area (Å²) in [5, 5.41) is 3.41. The summed E-state index contributed by atoms with van der Waals surface area (Å²) < 4.78 is 19.7. The van der Waals surface area contributed by atoms with Crippen molar-refractivity contribution < 1.29 is 9.13 Å². The normalized spacial score (nSPS) is 43.1. The van der Waals surface area contributed by atoms with E-state index in [0.29, 0.717) is 5.41 Å². The topological polar surface area (TPSA) is 21.3 Å². The van der Waals surface area contributed by atoms with E-state index < -0.39 is 0 Å². The second-order valence-corrected chi connectivity index (χ2v) is 7.91. The summed E-state index contributed by atoms with van der Waals surface area (Å²) in [5.41, 5.74) is 1.20. The fourth-order valence-electron chi connectivity index (χ4n) is 6.05. The van der Waals surface area contributed by atoms with E-state index >= 15 is 0 Å². The molecule has 0 amide bonds. The second kappa shape index (κ2) is 4.15. The van der Waals surface area contributed by atoms with Crippen LogP contribution in [0, 0.1) is 29.0 Å². The van der Waals surface area contributed by atoms with Crippen molar-refractivity contribution in [2.45, 2.75) is 44.6 Å². The SMILES string of the molecule is Fc1ccc2c(c1)NCC(C13CC4CC(CC(C4)C1)C3)O2. The van der Waals surface area contributed by atoms with Crippen molar-refractivity contribution in [2.24, 2.45) is 23.2 Å². The maximum atomic E-state index is 13.3. The van der Waals surface area contributed by atoms with E-state index in [1.165, 1.54) is 44.6 Å². The number of anilines is 1. The first-order valence-corrected chi connectivity index (χ1v) is 8.40. The van der Waals surface area contributed by atoms with Gasteiger partial charge in [-0.25, -0.2) is 4.39 Å². The molecule has 6 rings (SSSR count). The van der Waals surface area contributed by atoms with Crippen LogP contribution in [0.1, 0.15) is 38.5 Å². The predicted octanol–water partition coefficient (Wildman–Crippen LogP) is 4.22. The summed E-state index contributed by atoms with van der Waals surface area (Å²) in [6, 6.07) is 4.83. The first kappa shape index (κ1) is 12.3. The van der Waals surface area contributed by atoms with Crippen LogP contribution in [0.25, 0.3) is 0 Å². The van der Waals surface area contributed by atoms with E-state index in [4.69, 9.17) is 4.74 Å². The summed E-state index contributed by atoms with van der Waals surface area (Å²) in [5.74, 6) is 3.46. The third-order valence-electron chi connectivity index (χ3n) is 6.46. The molecule has 4 aliphatic carbocycles. The number of nitrogens with one attached hydrogen (secondary N) is 1. The molecule has 4 saturated carbocycles. The molecule has 1 aromatic rings. The molecule has 0 saturated heterocycles. The van der Waals surface area contributed by atoms with Crippen LogP contribution in [0.15, 0.2) is 18.2 Å². The Morgan fingerprint density at radius 1 is 1.05 bits per heavy atom. The largest absolute Gasteiger partial charge is 0.486 e. The number of ether oxygens (including phenoxy) is 1. The third-order valence-corrected chi connectivity index (χ3v) is 6.46. The van der Waals surface area contributed by atoms with Gasteiger partial charge >= 0.3 is 0 Å². The van der Waals surface area contributed by atoms with Gasteiger partial charge in [-0.15, -0.1) is 0 Å². The molecule has 1 aliphatic heterocycles. The predicted molar refractivity (Wildman–Crippen MR) is 79.9 cm³/mol. The molecule has 0 spiro atoms. The van der Waals surface area contributed by atoms with Gasteiger partial charge in [0, 0.05) is 11.5 Å². The lowest BCUT2D eigenvalue weighted by molar-refractivity contribution is -0.108. The highest BCUT2D eigenvalue weighted by molar-refractivity contribution is 5.58. The Morgan fingerprint density at radius 3 is 2.38 bits per heavy atom. The molecule has 1 N–H and O–H groups in total. The molecule has 4 bridgehead atoms. The van der Waals surface area contributed by atoms with Gasteiger partial charge in [-0.1, -0.05) is 0 Å². The Labute approximate surface area is 125 Å². The standard InChI is InChI=1S/C18H22FNO/c19-14-1-2-16-15(6-14)20-10-17(21-16)18-7-11-3-12(8-18)5-13(4-11)9-18/h1-2,6,11-13,17,20H,3-5,7-10H2. The van der Waals surface area contributed by atoms with Crippen LogP contribution in [-0.2, 0) is 0 Å². The molecule has 1 heterocycles. The number of rotatable bonds is 1. The maximum absolute atomic E-state index is 13.3. The minimum absolute atomic E-state index is 0.196. The average Bonchev–Trinajstić information content (AvgIpc) is 2.45. The first-order chi connectivity index (χ1) is 10.2. The van der Waals surface area contributed by atoms with Gasteiger partial charge in [0.15, 0.2) is 0 Å². The zero-order valence-corrected chi connectivity index (χ0v) is 12.3. The lowest BCUT2D eigenvalue weighted by Crippen LogP contribution is -2.56. The minimum Gasteiger partial charge on any atom is -0.486 e. The van der Waals surface area contributed by atoms with Crippen molar-refractivity contribution in [3.8, 4) is 5.75 Å². The highest BCUT2D eigenvalue weighted by Crippen LogP contribution is 2.62. The van der Waals surface area contributed by atoms with Crippen molar-refractivity contribution in [1.29, 1.82) is 0 Å². The van der Waals surface area contributed by atoms with Crippen LogP contribution in [-0.4, -0.2) is 12.6 Å². The summed E-state index contributed by atoms with van der Waals surface area (Å²) in [4.78, 5) is 0. The van der Waals surface area contributed by atoms with Crippen molar-refractivity contribution in [2.75, 3.05) is 11.9 Å². The van der Waals surface area contributed by atoms with Gasteiger partial charge < -0.3 is 10.1 Å². The van der Waals surface area contributed by atoms with Crippen LogP contribution in [0.4, 0.5) is 10.1 Å². The molecule has 1 unspecified atom stereocenters. The first-order valence-electron chi connectivity index (χ1n) is 8.40. The Balaban J connectivity index is 1.45. The summed E-state index contributed by atoms with van der Waals surface area (Å²) in [6.45, 7) is 0.836. The molecule has 3 heteroatoms. The fourth-order valence-corrected chi connectivity index (χ4v) is 6.05. The summed E-state index contributed by atoms with van der Waals surface area (Å²) in [6.07, 6.45) is 8.69. The number of benzene rings is 1. The van der Waals surface area contributed by atoms with E-state index in [9.17, 15) is 4.39 Å². The monoisotopic (exact) mass is 287 g/mol. The quantitative estimate of drug-likeness (QED) is 0.835. The number of fused-ring (bicyclic) bond motifs is 1. The molecule has 0 aromatic heterocycles. The molecule has 21 heavy (non-hydrogen) atoms. The van der Waals surface area contributed by atoms with Gasteiger partial charge in [-0.05, 0) is 68.4 Å². The van der Waals surface area contributed by atoms with Crippen molar-refractivity contribution in [3.05, 3.63) is 24.0 Å². The van der Waals surface area contributed by atoms with Crippen molar-refractivity contribution in [3.63, 3.8) is 0 Å². The molecular formula is C18H22FNO. The fraction of sp³-hybridized carbons (Fsp3) is 0.667. The van der Waals surface area contributed by atoms with Gasteiger partial charge in [0.05, 0.1) is 12.2 Å². The summed E-state index contributed by atoms with van der Waals surface area (Å²) in [7, 11) is 0. The smallest absolute Gasteiger partial charge is 0.143 e. The average molecular weight is 287 g/mol. The Kier molecular flexibility index (Phi) is 2.43. The molecule has 4 fully saturated rings. The van der Waals surface area contributed by atoms with Crippen LogP contribution >= 0.6 is 0 Å². The highest BCUT2D eigenvalue weighted by Gasteiger charge is 2.55. The van der Waals surface area contributed by atoms with Crippen molar-refractivity contribution >= 4 is 5.69 Å². The van der Waals surface area contributed by atoms with Gasteiger partial charge in [0.2, 0.25) is 0 Å². The van der Waals surface area contributed by atoms with Gasteiger partial charge in [0.25, 0.3) is 0 Å². The van der Waals surface area contributed by atoms with E-state index in [-0.39, 0.29) is 11.9 Å². The molecule has 1 aromatic carbocycles. The number of hydrogen-bond donors (Lipinski definition) is 1. The Hall–Kier alpha value is -1.25. The molecule has 1 atom stereocenters. The molecule has 5 aliphatic rings. The molecule has 112 valence electrons. The van der Waals surface area contributed by atoms with Crippen molar-refractivity contribution in [1.82, 2.24) is 0 Å². The third kappa shape index (κ3) is 1.82. The van der Waals surface area contributed by atoms with Crippen LogP contribution in [0.5, 0.6) is 5.75 Å². The van der Waals surface area contributed by atoms with Gasteiger partial charge in [0.1, 0.15) is 17.7 Å². The minimum atomic E-state index is -0.196. The Morgan fingerprint density at radius 2 is 1.71 bits per heavy atom. The van der Waals surface area contributed by atoms with E-state index in [1.54, 1.807) is 12.1 Å². The Bertz CT molecular complexity index is 549. The lowest BCUT2D eigenvalue weighted by Gasteiger charge is -2.59. The maximum Gasteiger partial charge on any atom is 0.143 e. The van der Waals surface area contributed by atoms with Gasteiger partial charge in [-0.2, -0.15) is 0 Å². The highest BCUT2D eigenvalue weighted by atomic mass is 19.1. The zero-order valence-electron chi connectivity index (χ0n) is 12.3. The lowest BCUT2D eigenvalue weighted by atomic mass is 9.48. The van der Waals surface area contributed by atoms with E-state index in [1.807, 2.05) is 0 Å². The molecule has 0 radical (unpaired) electrons. The van der Waals surface area contributed by atoms with Crippen LogP contribution in [0.2, 0.25) is 0 Å². The van der Waals surface area contributed by atoms with E-state index in [0.717, 1.165) is 35.7 Å². The molecular weight excluding hydrogens is 265 g/mol. The second-order valence-electron chi connectivity index (χ2n) is 7.91. The van der Waals surface area contributed by atoms with Crippen LogP contribution in [0.3, 0.4) is 0 Å². The zero-order chi connectivity index (χ0) is 14.0. The van der Waals surface area contributed by atoms with Gasteiger partial charge in [-0.3, -0.25) is 0 Å². The molecule has 2 nitrogen and oxygen atoms in total. The summed E-state index contributed by atoms with van der Waals surface area (Å²) >= 11 is 0. The van der Waals surface area contributed by atoms with Crippen LogP contribution < -0.4 is 10.1 Å².